The zero-order valence-corrected chi connectivity index (χ0v) is 11.7. The molecule has 2 nitrogen and oxygen atoms in total. The molecule has 0 aromatic carbocycles. The SMILES string of the molecule is CCCCC[N+](C)(CCCO)CCCCC. The van der Waals surface area contributed by atoms with E-state index in [9.17, 15) is 0 Å². The summed E-state index contributed by atoms with van der Waals surface area (Å²) >= 11 is 0. The number of hydrogen-bond donors (Lipinski definition) is 1. The van der Waals surface area contributed by atoms with Gasteiger partial charge in [-0.2, -0.15) is 0 Å². The van der Waals surface area contributed by atoms with Crippen molar-refractivity contribution >= 4 is 0 Å². The van der Waals surface area contributed by atoms with Gasteiger partial charge in [0.25, 0.3) is 0 Å². The number of nitrogens with zero attached hydrogens (tertiary/aromatic N) is 1. The third-order valence-electron chi connectivity index (χ3n) is 3.46. The Morgan fingerprint density at radius 2 is 1.19 bits per heavy atom. The van der Waals surface area contributed by atoms with E-state index in [2.05, 4.69) is 20.9 Å². The van der Waals surface area contributed by atoms with Crippen LogP contribution in [0.4, 0.5) is 0 Å². The van der Waals surface area contributed by atoms with Gasteiger partial charge in [-0.15, -0.1) is 0 Å². The van der Waals surface area contributed by atoms with Crippen molar-refractivity contribution in [1.82, 2.24) is 0 Å². The predicted octanol–water partition coefficient (Wildman–Crippen LogP) is 3.20. The Balaban J connectivity index is 3.91. The maximum absolute atomic E-state index is 8.96. The molecule has 0 fully saturated rings. The molecule has 0 atom stereocenters. The maximum atomic E-state index is 8.96. The van der Waals surface area contributed by atoms with E-state index >= 15 is 0 Å². The molecule has 0 bridgehead atoms. The molecule has 0 rings (SSSR count). The highest BCUT2D eigenvalue weighted by Crippen LogP contribution is 2.11. The van der Waals surface area contributed by atoms with Gasteiger partial charge in [0.15, 0.2) is 0 Å². The van der Waals surface area contributed by atoms with Crippen LogP contribution in [-0.2, 0) is 0 Å². The van der Waals surface area contributed by atoms with Gasteiger partial charge in [0.1, 0.15) is 0 Å². The number of aliphatic hydroxyl groups excluding tert-OH is 1. The molecule has 98 valence electrons. The second kappa shape index (κ2) is 10.1. The van der Waals surface area contributed by atoms with Crippen molar-refractivity contribution < 1.29 is 9.59 Å². The van der Waals surface area contributed by atoms with Crippen LogP contribution in [0.5, 0.6) is 0 Å². The van der Waals surface area contributed by atoms with E-state index in [1.54, 1.807) is 0 Å². The Morgan fingerprint density at radius 1 is 0.750 bits per heavy atom. The molecule has 0 aromatic rings. The summed E-state index contributed by atoms with van der Waals surface area (Å²) in [6, 6.07) is 0. The Morgan fingerprint density at radius 3 is 1.56 bits per heavy atom. The largest absolute Gasteiger partial charge is 0.396 e. The summed E-state index contributed by atoms with van der Waals surface area (Å²) in [5.41, 5.74) is 0. The molecule has 0 aliphatic carbocycles. The van der Waals surface area contributed by atoms with Gasteiger partial charge in [-0.1, -0.05) is 26.7 Å². The average Bonchev–Trinajstić information content (AvgIpc) is 2.27. The summed E-state index contributed by atoms with van der Waals surface area (Å²) in [5, 5.41) is 8.96. The molecule has 0 aromatic heterocycles. The minimum absolute atomic E-state index is 0.343. The second-order valence-corrected chi connectivity index (χ2v) is 5.28. The fourth-order valence-electron chi connectivity index (χ4n) is 2.27. The number of quaternary nitrogens is 1. The van der Waals surface area contributed by atoms with Crippen LogP contribution < -0.4 is 0 Å². The molecule has 16 heavy (non-hydrogen) atoms. The van der Waals surface area contributed by atoms with Crippen LogP contribution in [0, 0.1) is 0 Å². The van der Waals surface area contributed by atoms with E-state index < -0.39 is 0 Å². The van der Waals surface area contributed by atoms with Crippen LogP contribution >= 0.6 is 0 Å². The topological polar surface area (TPSA) is 20.2 Å². The van der Waals surface area contributed by atoms with Crippen molar-refractivity contribution in [2.24, 2.45) is 0 Å². The van der Waals surface area contributed by atoms with E-state index in [1.807, 2.05) is 0 Å². The Hall–Kier alpha value is -0.0800. The zero-order valence-electron chi connectivity index (χ0n) is 11.7. The van der Waals surface area contributed by atoms with Crippen molar-refractivity contribution in [2.75, 3.05) is 33.3 Å². The van der Waals surface area contributed by atoms with Gasteiger partial charge in [-0.05, 0) is 25.7 Å². The van der Waals surface area contributed by atoms with Crippen LogP contribution in [0.2, 0.25) is 0 Å². The molecule has 2 heteroatoms. The van der Waals surface area contributed by atoms with E-state index in [0.29, 0.717) is 6.61 Å². The summed E-state index contributed by atoms with van der Waals surface area (Å²) in [5.74, 6) is 0. The van der Waals surface area contributed by atoms with Gasteiger partial charge < -0.3 is 9.59 Å². The van der Waals surface area contributed by atoms with Gasteiger partial charge in [0, 0.05) is 13.0 Å². The molecule has 0 heterocycles. The lowest BCUT2D eigenvalue weighted by atomic mass is 10.1. The summed E-state index contributed by atoms with van der Waals surface area (Å²) < 4.78 is 1.17. The van der Waals surface area contributed by atoms with Crippen LogP contribution in [0.25, 0.3) is 0 Å². The quantitative estimate of drug-likeness (QED) is 0.427. The maximum Gasteiger partial charge on any atom is 0.0806 e. The van der Waals surface area contributed by atoms with E-state index in [0.717, 1.165) is 13.0 Å². The first-order valence-electron chi connectivity index (χ1n) is 7.13. The summed E-state index contributed by atoms with van der Waals surface area (Å²) in [4.78, 5) is 0. The molecule has 0 aliphatic rings. The van der Waals surface area contributed by atoms with Gasteiger partial charge in [-0.3, -0.25) is 0 Å². The van der Waals surface area contributed by atoms with Crippen molar-refractivity contribution in [3.8, 4) is 0 Å². The fourth-order valence-corrected chi connectivity index (χ4v) is 2.27. The van der Waals surface area contributed by atoms with Gasteiger partial charge in [0.2, 0.25) is 0 Å². The van der Waals surface area contributed by atoms with Crippen LogP contribution in [0.15, 0.2) is 0 Å². The minimum Gasteiger partial charge on any atom is -0.396 e. The third-order valence-corrected chi connectivity index (χ3v) is 3.46. The van der Waals surface area contributed by atoms with E-state index in [4.69, 9.17) is 5.11 Å². The standard InChI is InChI=1S/C14H32NO/c1-4-6-8-11-15(3,13-10-14-16)12-9-7-5-2/h16H,4-14H2,1-3H3/q+1. The summed E-state index contributed by atoms with van der Waals surface area (Å²) in [6.45, 7) is 8.58. The fraction of sp³-hybridized carbons (Fsp3) is 1.00. The van der Waals surface area contributed by atoms with Crippen LogP contribution in [-0.4, -0.2) is 42.9 Å². The molecule has 0 amide bonds. The number of hydrogen-bond acceptors (Lipinski definition) is 1. The molecule has 0 radical (unpaired) electrons. The first-order valence-corrected chi connectivity index (χ1v) is 7.13. The normalized spacial score (nSPS) is 12.0. The number of rotatable bonds is 11. The lowest BCUT2D eigenvalue weighted by Crippen LogP contribution is -2.46. The molecule has 0 unspecified atom stereocenters. The summed E-state index contributed by atoms with van der Waals surface area (Å²) in [7, 11) is 2.36. The first kappa shape index (κ1) is 15.9. The Bertz CT molecular complexity index is 138. The number of aliphatic hydroxyl groups is 1. The molecule has 0 spiro atoms. The predicted molar refractivity (Wildman–Crippen MR) is 71.5 cm³/mol. The molecule has 0 saturated carbocycles. The van der Waals surface area contributed by atoms with Crippen molar-refractivity contribution in [1.29, 1.82) is 0 Å². The molecule has 1 N–H and O–H groups in total. The monoisotopic (exact) mass is 230 g/mol. The van der Waals surface area contributed by atoms with Crippen molar-refractivity contribution in [3.63, 3.8) is 0 Å². The lowest BCUT2D eigenvalue weighted by molar-refractivity contribution is -0.910. The van der Waals surface area contributed by atoms with Crippen LogP contribution in [0.3, 0.4) is 0 Å². The lowest BCUT2D eigenvalue weighted by Gasteiger charge is -2.34. The van der Waals surface area contributed by atoms with Gasteiger partial charge >= 0.3 is 0 Å². The smallest absolute Gasteiger partial charge is 0.0806 e. The highest BCUT2D eigenvalue weighted by Gasteiger charge is 2.19. The van der Waals surface area contributed by atoms with Crippen LogP contribution in [0.1, 0.15) is 58.8 Å². The van der Waals surface area contributed by atoms with Crippen molar-refractivity contribution in [2.45, 2.75) is 58.8 Å². The van der Waals surface area contributed by atoms with E-state index in [1.165, 1.54) is 56.1 Å². The summed E-state index contributed by atoms with van der Waals surface area (Å²) in [6.07, 6.45) is 8.93. The first-order chi connectivity index (χ1) is 7.68. The zero-order chi connectivity index (χ0) is 12.3. The molecular weight excluding hydrogens is 198 g/mol. The van der Waals surface area contributed by atoms with Gasteiger partial charge in [-0.25, -0.2) is 0 Å². The Labute approximate surface area is 102 Å². The minimum atomic E-state index is 0.343. The molecule has 0 aliphatic heterocycles. The third kappa shape index (κ3) is 8.12. The molecular formula is C14H32NO+. The Kier molecular flexibility index (Phi) is 10.0. The second-order valence-electron chi connectivity index (χ2n) is 5.28. The van der Waals surface area contributed by atoms with E-state index in [-0.39, 0.29) is 0 Å². The van der Waals surface area contributed by atoms with Crippen molar-refractivity contribution in [3.05, 3.63) is 0 Å². The van der Waals surface area contributed by atoms with Gasteiger partial charge in [0.05, 0.1) is 26.7 Å². The average molecular weight is 230 g/mol. The molecule has 0 saturated heterocycles. The highest BCUT2D eigenvalue weighted by molar-refractivity contribution is 4.46. The number of unbranched alkanes of at least 4 members (excludes halogenated alkanes) is 4. The highest BCUT2D eigenvalue weighted by atomic mass is 16.3.